The molecule has 94 valence electrons. The molecule has 0 aliphatic rings. The molecule has 0 aliphatic heterocycles. The smallest absolute Gasteiger partial charge is 0.403 e. The normalized spacial score (nSPS) is 15.5. The Hall–Kier alpha value is 0.205. The summed E-state index contributed by atoms with van der Waals surface area (Å²) in [5, 5.41) is 0. The predicted molar refractivity (Wildman–Crippen MR) is 75.0 cm³/mol. The Kier molecular flexibility index (Phi) is 6.30. The molecule has 0 heterocycles. The molecule has 0 amide bonds. The Bertz CT molecular complexity index is 210. The second-order valence-electron chi connectivity index (χ2n) is 5.89. The molecular weight excluding hydrogens is 267 g/mol. The van der Waals surface area contributed by atoms with Gasteiger partial charge in [0.25, 0.3) is 0 Å². The molecule has 1 unspecified atom stereocenters. The summed E-state index contributed by atoms with van der Waals surface area (Å²) in [7, 11) is -0.306. The topological polar surface area (TPSA) is 18.5 Å². The van der Waals surface area contributed by atoms with Gasteiger partial charge in [-0.1, -0.05) is 28.0 Å². The van der Waals surface area contributed by atoms with E-state index in [9.17, 15) is 0 Å². The predicted octanol–water partition coefficient (Wildman–Crippen LogP) is 3.98. The number of alkyl halides is 1. The average Bonchev–Trinajstić information content (AvgIpc) is 1.93. The van der Waals surface area contributed by atoms with Crippen LogP contribution < -0.4 is 0 Å². The summed E-state index contributed by atoms with van der Waals surface area (Å²) >= 11 is 3.46. The van der Waals surface area contributed by atoms with E-state index in [0.717, 1.165) is 0 Å². The van der Waals surface area contributed by atoms with Crippen LogP contribution >= 0.6 is 15.9 Å². The van der Waals surface area contributed by atoms with Crippen LogP contribution in [0.5, 0.6) is 0 Å². The van der Waals surface area contributed by atoms with Crippen LogP contribution in [-0.2, 0) is 9.31 Å². The van der Waals surface area contributed by atoms with Crippen LogP contribution in [-0.4, -0.2) is 23.1 Å². The molecule has 0 N–H and O–H groups in total. The Morgan fingerprint density at radius 3 is 1.62 bits per heavy atom. The van der Waals surface area contributed by atoms with E-state index in [4.69, 9.17) is 9.31 Å². The van der Waals surface area contributed by atoms with Crippen LogP contribution in [0.1, 0.15) is 48.5 Å². The zero-order valence-corrected chi connectivity index (χ0v) is 13.1. The first-order valence-electron chi connectivity index (χ1n) is 5.68. The van der Waals surface area contributed by atoms with Gasteiger partial charge in [-0.05, 0) is 48.5 Å². The van der Waals surface area contributed by atoms with Crippen LogP contribution in [0.15, 0.2) is 12.1 Å². The number of hydrogen-bond acceptors (Lipinski definition) is 2. The lowest BCUT2D eigenvalue weighted by Gasteiger charge is -2.29. The second-order valence-corrected chi connectivity index (χ2v) is 7.34. The molecule has 0 saturated carbocycles. The first kappa shape index (κ1) is 16.2. The third-order valence-corrected chi connectivity index (χ3v) is 1.78. The molecule has 2 nitrogen and oxygen atoms in total. The lowest BCUT2D eigenvalue weighted by atomic mass is 9.85. The van der Waals surface area contributed by atoms with Crippen molar-refractivity contribution < 1.29 is 9.31 Å². The number of allylic oxidation sites excluding steroid dienone is 1. The van der Waals surface area contributed by atoms with Gasteiger partial charge in [0, 0.05) is 16.0 Å². The van der Waals surface area contributed by atoms with Gasteiger partial charge in [-0.25, -0.2) is 0 Å². The SMILES string of the molecule is CC(Br)/C=C/B(OC(C)(C)C)OC(C)(C)C. The van der Waals surface area contributed by atoms with Crippen molar-refractivity contribution in [2.24, 2.45) is 0 Å². The van der Waals surface area contributed by atoms with Crippen LogP contribution in [0.2, 0.25) is 0 Å². The zero-order valence-electron chi connectivity index (χ0n) is 11.5. The van der Waals surface area contributed by atoms with Gasteiger partial charge in [0.05, 0.1) is 0 Å². The Balaban J connectivity index is 4.52. The molecule has 0 bridgehead atoms. The number of rotatable bonds is 4. The van der Waals surface area contributed by atoms with E-state index in [2.05, 4.69) is 22.9 Å². The molecule has 0 fully saturated rings. The molecule has 0 aromatic rings. The van der Waals surface area contributed by atoms with E-state index in [1.165, 1.54) is 0 Å². The largest absolute Gasteiger partial charge is 0.486 e. The lowest BCUT2D eigenvalue weighted by molar-refractivity contribution is 0.0400. The molecule has 0 rings (SSSR count). The van der Waals surface area contributed by atoms with E-state index >= 15 is 0 Å². The second kappa shape index (κ2) is 6.22. The summed E-state index contributed by atoms with van der Waals surface area (Å²) in [5.74, 6) is 1.95. The summed E-state index contributed by atoms with van der Waals surface area (Å²) in [6, 6.07) is 0. The minimum Gasteiger partial charge on any atom is -0.403 e. The van der Waals surface area contributed by atoms with E-state index < -0.39 is 0 Å². The van der Waals surface area contributed by atoms with Crippen LogP contribution in [0, 0.1) is 0 Å². The van der Waals surface area contributed by atoms with Gasteiger partial charge < -0.3 is 9.31 Å². The molecule has 0 aliphatic carbocycles. The van der Waals surface area contributed by atoms with Gasteiger partial charge in [0.1, 0.15) is 0 Å². The van der Waals surface area contributed by atoms with Gasteiger partial charge in [-0.2, -0.15) is 0 Å². The molecule has 16 heavy (non-hydrogen) atoms. The fourth-order valence-electron chi connectivity index (χ4n) is 1.04. The highest BCUT2D eigenvalue weighted by atomic mass is 79.9. The van der Waals surface area contributed by atoms with Crippen molar-refractivity contribution in [1.29, 1.82) is 0 Å². The quantitative estimate of drug-likeness (QED) is 0.576. The average molecular weight is 291 g/mol. The number of hydrogen-bond donors (Lipinski definition) is 0. The van der Waals surface area contributed by atoms with Crippen molar-refractivity contribution >= 4 is 23.0 Å². The first-order chi connectivity index (χ1) is 6.99. The highest BCUT2D eigenvalue weighted by Crippen LogP contribution is 2.16. The van der Waals surface area contributed by atoms with E-state index in [1.807, 2.05) is 53.6 Å². The summed E-state index contributed by atoms with van der Waals surface area (Å²) in [6.45, 7) is 14.2. The maximum Gasteiger partial charge on any atom is 0.486 e. The van der Waals surface area contributed by atoms with E-state index in [0.29, 0.717) is 4.83 Å². The molecule has 4 heteroatoms. The van der Waals surface area contributed by atoms with Gasteiger partial charge in [-0.15, -0.1) is 0 Å². The van der Waals surface area contributed by atoms with Crippen LogP contribution in [0.25, 0.3) is 0 Å². The molecular formula is C12H24BBrO2. The van der Waals surface area contributed by atoms with Gasteiger partial charge >= 0.3 is 7.12 Å². The maximum atomic E-state index is 5.83. The summed E-state index contributed by atoms with van der Waals surface area (Å²) in [4.78, 5) is 0.321. The van der Waals surface area contributed by atoms with Gasteiger partial charge in [-0.3, -0.25) is 0 Å². The Morgan fingerprint density at radius 1 is 1.00 bits per heavy atom. The molecule has 0 aromatic heterocycles. The van der Waals surface area contributed by atoms with E-state index in [1.54, 1.807) is 0 Å². The lowest BCUT2D eigenvalue weighted by Crippen LogP contribution is -2.37. The van der Waals surface area contributed by atoms with Crippen LogP contribution in [0.3, 0.4) is 0 Å². The molecule has 0 spiro atoms. The maximum absolute atomic E-state index is 5.83. The van der Waals surface area contributed by atoms with Crippen molar-refractivity contribution in [2.45, 2.75) is 64.5 Å². The van der Waals surface area contributed by atoms with Gasteiger partial charge in [0.2, 0.25) is 0 Å². The standard InChI is InChI=1S/C12H24BBrO2/c1-10(14)8-9-13(15-11(2,3)4)16-12(5,6)7/h8-10H,1-7H3/b9-8+. The highest BCUT2D eigenvalue weighted by Gasteiger charge is 2.27. The molecule has 0 aromatic carbocycles. The highest BCUT2D eigenvalue weighted by molar-refractivity contribution is 9.09. The fourth-order valence-corrected chi connectivity index (χ4v) is 1.22. The third kappa shape index (κ3) is 10.7. The van der Waals surface area contributed by atoms with Crippen molar-refractivity contribution in [1.82, 2.24) is 0 Å². The summed E-state index contributed by atoms with van der Waals surface area (Å²) < 4.78 is 11.7. The minimum atomic E-state index is -0.306. The monoisotopic (exact) mass is 290 g/mol. The van der Waals surface area contributed by atoms with Crippen molar-refractivity contribution in [3.8, 4) is 0 Å². The summed E-state index contributed by atoms with van der Waals surface area (Å²) in [5.41, 5.74) is -0.425. The van der Waals surface area contributed by atoms with Gasteiger partial charge in [0.15, 0.2) is 0 Å². The summed E-state index contributed by atoms with van der Waals surface area (Å²) in [6.07, 6.45) is 2.03. The Labute approximate surface area is 109 Å². The molecule has 0 saturated heterocycles. The van der Waals surface area contributed by atoms with Crippen molar-refractivity contribution in [3.63, 3.8) is 0 Å². The molecule has 1 atom stereocenters. The van der Waals surface area contributed by atoms with Crippen LogP contribution in [0.4, 0.5) is 0 Å². The van der Waals surface area contributed by atoms with Crippen molar-refractivity contribution in [3.05, 3.63) is 12.1 Å². The zero-order chi connectivity index (χ0) is 13.0. The molecule has 0 radical (unpaired) electrons. The number of halogens is 1. The third-order valence-electron chi connectivity index (χ3n) is 1.47. The van der Waals surface area contributed by atoms with E-state index in [-0.39, 0.29) is 18.3 Å². The van der Waals surface area contributed by atoms with Crippen molar-refractivity contribution in [2.75, 3.05) is 0 Å². The Morgan fingerprint density at radius 2 is 1.38 bits per heavy atom. The fraction of sp³-hybridized carbons (Fsp3) is 0.833. The minimum absolute atomic E-state index is 0.212. The first-order valence-corrected chi connectivity index (χ1v) is 6.59.